The normalized spacial score (nSPS) is 10.6. The molecule has 1 heterocycles. The number of aromatic nitrogens is 1. The number of nitriles is 1. The number of carbonyl (C=O) groups excluding carboxylic acids is 2. The van der Waals surface area contributed by atoms with E-state index in [4.69, 9.17) is 10.00 Å². The minimum absolute atomic E-state index is 0.0814. The standard InChI is InChI=1S/C18H15N3O3/c1-2-24-18(23)14(12-19)11-13-6-8-15(9-7-13)21-17(22)16-5-3-4-10-20-16/h3-11H,2H2,1H3,(H,21,22)/b14-11-. The zero-order valence-electron chi connectivity index (χ0n) is 13.0. The van der Waals surface area contributed by atoms with Crippen LogP contribution in [0, 0.1) is 11.3 Å². The summed E-state index contributed by atoms with van der Waals surface area (Å²) in [5, 5.41) is 11.7. The third kappa shape index (κ3) is 4.52. The van der Waals surface area contributed by atoms with Gasteiger partial charge in [0, 0.05) is 11.9 Å². The number of esters is 1. The molecule has 0 fully saturated rings. The molecule has 2 rings (SSSR count). The molecule has 1 aromatic carbocycles. The van der Waals surface area contributed by atoms with Crippen molar-refractivity contribution in [2.75, 3.05) is 11.9 Å². The van der Waals surface area contributed by atoms with Crippen LogP contribution < -0.4 is 5.32 Å². The van der Waals surface area contributed by atoms with Gasteiger partial charge >= 0.3 is 5.97 Å². The van der Waals surface area contributed by atoms with Crippen LogP contribution in [0.5, 0.6) is 0 Å². The Morgan fingerprint density at radius 1 is 1.25 bits per heavy atom. The molecule has 0 atom stereocenters. The van der Waals surface area contributed by atoms with Gasteiger partial charge in [-0.3, -0.25) is 9.78 Å². The van der Waals surface area contributed by atoms with Crippen molar-refractivity contribution in [1.82, 2.24) is 4.98 Å². The zero-order chi connectivity index (χ0) is 17.4. The van der Waals surface area contributed by atoms with Crippen LogP contribution >= 0.6 is 0 Å². The molecule has 0 aliphatic carbocycles. The van der Waals surface area contributed by atoms with Gasteiger partial charge < -0.3 is 10.1 Å². The predicted octanol–water partition coefficient (Wildman–Crippen LogP) is 2.80. The van der Waals surface area contributed by atoms with Crippen molar-refractivity contribution >= 4 is 23.6 Å². The fourth-order valence-corrected chi connectivity index (χ4v) is 1.87. The summed E-state index contributed by atoms with van der Waals surface area (Å²) in [6, 6.07) is 13.6. The summed E-state index contributed by atoms with van der Waals surface area (Å²) in [5.41, 5.74) is 1.46. The second kappa shape index (κ2) is 8.25. The van der Waals surface area contributed by atoms with E-state index in [1.165, 1.54) is 6.08 Å². The van der Waals surface area contributed by atoms with Crippen molar-refractivity contribution in [2.24, 2.45) is 0 Å². The molecule has 0 spiro atoms. The van der Waals surface area contributed by atoms with Gasteiger partial charge in [-0.1, -0.05) is 18.2 Å². The molecular formula is C18H15N3O3. The smallest absolute Gasteiger partial charge is 0.348 e. The molecule has 0 unspecified atom stereocenters. The number of nitrogens with zero attached hydrogens (tertiary/aromatic N) is 2. The van der Waals surface area contributed by atoms with Crippen LogP contribution in [-0.2, 0) is 9.53 Å². The summed E-state index contributed by atoms with van der Waals surface area (Å²) in [6.45, 7) is 1.88. The number of hydrogen-bond donors (Lipinski definition) is 1. The number of anilines is 1. The van der Waals surface area contributed by atoms with Crippen molar-refractivity contribution in [1.29, 1.82) is 5.26 Å². The van der Waals surface area contributed by atoms with E-state index in [2.05, 4.69) is 10.3 Å². The molecule has 0 aliphatic rings. The molecule has 0 saturated carbocycles. The van der Waals surface area contributed by atoms with Crippen molar-refractivity contribution < 1.29 is 14.3 Å². The van der Waals surface area contributed by atoms with Crippen LogP contribution in [0.4, 0.5) is 5.69 Å². The third-order valence-corrected chi connectivity index (χ3v) is 2.99. The maximum atomic E-state index is 12.0. The quantitative estimate of drug-likeness (QED) is 0.519. The highest BCUT2D eigenvalue weighted by molar-refractivity contribution is 6.03. The first-order chi connectivity index (χ1) is 11.6. The SMILES string of the molecule is CCOC(=O)/C(C#N)=C\c1ccc(NC(=O)c2ccccn2)cc1. The lowest BCUT2D eigenvalue weighted by atomic mass is 10.1. The number of carbonyl (C=O) groups is 2. The highest BCUT2D eigenvalue weighted by atomic mass is 16.5. The second-order valence-electron chi connectivity index (χ2n) is 4.68. The first kappa shape index (κ1) is 16.9. The monoisotopic (exact) mass is 321 g/mol. The molecule has 6 nitrogen and oxygen atoms in total. The summed E-state index contributed by atoms with van der Waals surface area (Å²) in [5.74, 6) is -0.976. The number of rotatable bonds is 5. The Labute approximate surface area is 139 Å². The Hall–Kier alpha value is -3.46. The summed E-state index contributed by atoms with van der Waals surface area (Å²) in [6.07, 6.45) is 2.98. The molecule has 6 heteroatoms. The van der Waals surface area contributed by atoms with Crippen molar-refractivity contribution in [3.8, 4) is 6.07 Å². The molecular weight excluding hydrogens is 306 g/mol. The number of hydrogen-bond acceptors (Lipinski definition) is 5. The third-order valence-electron chi connectivity index (χ3n) is 2.99. The van der Waals surface area contributed by atoms with Gasteiger partial charge in [0.15, 0.2) is 0 Å². The van der Waals surface area contributed by atoms with E-state index < -0.39 is 5.97 Å². The summed E-state index contributed by atoms with van der Waals surface area (Å²) >= 11 is 0. The molecule has 0 radical (unpaired) electrons. The lowest BCUT2D eigenvalue weighted by Crippen LogP contribution is -2.13. The van der Waals surface area contributed by atoms with E-state index in [9.17, 15) is 9.59 Å². The predicted molar refractivity (Wildman–Crippen MR) is 88.9 cm³/mol. The van der Waals surface area contributed by atoms with Crippen molar-refractivity contribution in [3.05, 3.63) is 65.5 Å². The Morgan fingerprint density at radius 2 is 2.00 bits per heavy atom. The minimum Gasteiger partial charge on any atom is -0.462 e. The summed E-state index contributed by atoms with van der Waals surface area (Å²) in [7, 11) is 0. The highest BCUT2D eigenvalue weighted by Crippen LogP contribution is 2.14. The number of benzene rings is 1. The highest BCUT2D eigenvalue weighted by Gasteiger charge is 2.10. The average Bonchev–Trinajstić information content (AvgIpc) is 2.62. The van der Waals surface area contributed by atoms with Crippen LogP contribution in [0.1, 0.15) is 23.0 Å². The Bertz CT molecular complexity index is 791. The molecule has 2 aromatic rings. The van der Waals surface area contributed by atoms with E-state index >= 15 is 0 Å². The van der Waals surface area contributed by atoms with Crippen molar-refractivity contribution in [3.63, 3.8) is 0 Å². The second-order valence-corrected chi connectivity index (χ2v) is 4.68. The zero-order valence-corrected chi connectivity index (χ0v) is 13.0. The van der Waals surface area contributed by atoms with Crippen LogP contribution in [-0.4, -0.2) is 23.5 Å². The van der Waals surface area contributed by atoms with E-state index in [0.717, 1.165) is 0 Å². The Kier molecular flexibility index (Phi) is 5.81. The maximum Gasteiger partial charge on any atom is 0.348 e. The number of nitrogens with one attached hydrogen (secondary N) is 1. The van der Waals surface area contributed by atoms with Gasteiger partial charge in [0.1, 0.15) is 17.3 Å². The van der Waals surface area contributed by atoms with Crippen molar-refractivity contribution in [2.45, 2.75) is 6.92 Å². The lowest BCUT2D eigenvalue weighted by Gasteiger charge is -2.05. The average molecular weight is 321 g/mol. The van der Waals surface area contributed by atoms with Crippen LogP contribution in [0.25, 0.3) is 6.08 Å². The number of ether oxygens (including phenoxy) is 1. The van der Waals surface area contributed by atoms with E-state index in [1.54, 1.807) is 55.6 Å². The Balaban J connectivity index is 2.09. The van der Waals surface area contributed by atoms with Crippen LogP contribution in [0.15, 0.2) is 54.2 Å². The molecule has 0 saturated heterocycles. The summed E-state index contributed by atoms with van der Waals surface area (Å²) in [4.78, 5) is 27.5. The molecule has 24 heavy (non-hydrogen) atoms. The van der Waals surface area contributed by atoms with E-state index in [0.29, 0.717) is 16.9 Å². The topological polar surface area (TPSA) is 92.1 Å². The molecule has 0 aliphatic heterocycles. The fraction of sp³-hybridized carbons (Fsp3) is 0.111. The molecule has 1 aromatic heterocycles. The van der Waals surface area contributed by atoms with Gasteiger partial charge in [-0.15, -0.1) is 0 Å². The van der Waals surface area contributed by atoms with E-state index in [1.807, 2.05) is 6.07 Å². The van der Waals surface area contributed by atoms with E-state index in [-0.39, 0.29) is 18.1 Å². The van der Waals surface area contributed by atoms with Gasteiger partial charge in [0.2, 0.25) is 0 Å². The fourth-order valence-electron chi connectivity index (χ4n) is 1.87. The van der Waals surface area contributed by atoms with Gasteiger partial charge in [-0.05, 0) is 42.8 Å². The molecule has 120 valence electrons. The number of pyridine rings is 1. The molecule has 1 N–H and O–H groups in total. The summed E-state index contributed by atoms with van der Waals surface area (Å²) < 4.78 is 4.80. The van der Waals surface area contributed by atoms with Gasteiger partial charge in [-0.2, -0.15) is 5.26 Å². The largest absolute Gasteiger partial charge is 0.462 e. The van der Waals surface area contributed by atoms with Gasteiger partial charge in [0.25, 0.3) is 5.91 Å². The number of amides is 1. The first-order valence-electron chi connectivity index (χ1n) is 7.25. The van der Waals surface area contributed by atoms with Crippen LogP contribution in [0.2, 0.25) is 0 Å². The first-order valence-corrected chi connectivity index (χ1v) is 7.25. The maximum absolute atomic E-state index is 12.0. The minimum atomic E-state index is -0.660. The molecule has 1 amide bonds. The van der Waals surface area contributed by atoms with Crippen LogP contribution in [0.3, 0.4) is 0 Å². The van der Waals surface area contributed by atoms with Gasteiger partial charge in [0.05, 0.1) is 6.61 Å². The lowest BCUT2D eigenvalue weighted by molar-refractivity contribution is -0.137. The Morgan fingerprint density at radius 3 is 2.58 bits per heavy atom. The van der Waals surface area contributed by atoms with Gasteiger partial charge in [-0.25, -0.2) is 4.79 Å². The molecule has 0 bridgehead atoms.